The van der Waals surface area contributed by atoms with E-state index in [1.165, 1.54) is 12.1 Å². The van der Waals surface area contributed by atoms with E-state index in [-0.39, 0.29) is 16.0 Å². The van der Waals surface area contributed by atoms with Crippen LogP contribution in [0.2, 0.25) is 10.0 Å². The fourth-order valence-corrected chi connectivity index (χ4v) is 3.27. The Kier molecular flexibility index (Phi) is 4.17. The van der Waals surface area contributed by atoms with E-state index in [1.807, 2.05) is 6.92 Å². The molecule has 2 nitrogen and oxygen atoms in total. The van der Waals surface area contributed by atoms with Crippen molar-refractivity contribution in [3.8, 4) is 0 Å². The summed E-state index contributed by atoms with van der Waals surface area (Å²) < 4.78 is 14.0. The maximum Gasteiger partial charge on any atom is 0.129 e. The van der Waals surface area contributed by atoms with Crippen molar-refractivity contribution in [2.75, 3.05) is 0 Å². The van der Waals surface area contributed by atoms with E-state index in [1.54, 1.807) is 0 Å². The van der Waals surface area contributed by atoms with Gasteiger partial charge in [0.05, 0.1) is 16.1 Å². The van der Waals surface area contributed by atoms with Gasteiger partial charge in [-0.05, 0) is 30.4 Å². The Morgan fingerprint density at radius 2 is 1.94 bits per heavy atom. The van der Waals surface area contributed by atoms with Crippen molar-refractivity contribution < 1.29 is 9.60 Å². The highest BCUT2D eigenvalue weighted by Gasteiger charge is 2.40. The molecule has 0 radical (unpaired) electrons. The van der Waals surface area contributed by atoms with Crippen LogP contribution in [-0.2, 0) is 0 Å². The number of halogens is 3. The molecule has 2 rings (SSSR count). The topological polar surface area (TPSA) is 32.3 Å². The van der Waals surface area contributed by atoms with Crippen LogP contribution in [0.1, 0.15) is 44.2 Å². The molecule has 1 aliphatic carbocycles. The number of hydrogen-bond donors (Lipinski definition) is 2. The maximum atomic E-state index is 14.0. The zero-order chi connectivity index (χ0) is 13.3. The van der Waals surface area contributed by atoms with Crippen molar-refractivity contribution in [2.24, 2.45) is 5.41 Å². The van der Waals surface area contributed by atoms with Gasteiger partial charge in [-0.3, -0.25) is 0 Å². The average Bonchev–Trinajstić information content (AvgIpc) is 2.77. The molecule has 1 fully saturated rings. The number of hydroxylamine groups is 1. The van der Waals surface area contributed by atoms with Crippen LogP contribution in [-0.4, -0.2) is 5.21 Å². The van der Waals surface area contributed by atoms with Crippen LogP contribution in [0.4, 0.5) is 4.39 Å². The molecule has 0 bridgehead atoms. The van der Waals surface area contributed by atoms with E-state index in [4.69, 9.17) is 23.2 Å². The molecule has 0 amide bonds. The summed E-state index contributed by atoms with van der Waals surface area (Å²) in [6, 6.07) is 2.17. The molecule has 1 aliphatic rings. The van der Waals surface area contributed by atoms with Crippen LogP contribution in [0.25, 0.3) is 0 Å². The lowest BCUT2D eigenvalue weighted by Gasteiger charge is -2.34. The molecular formula is C13H16Cl2FNO. The predicted octanol–water partition coefficient (Wildman–Crippen LogP) is 4.73. The van der Waals surface area contributed by atoms with Crippen molar-refractivity contribution in [1.82, 2.24) is 5.48 Å². The minimum atomic E-state index is -0.536. The monoisotopic (exact) mass is 291 g/mol. The van der Waals surface area contributed by atoms with Crippen molar-refractivity contribution in [3.63, 3.8) is 0 Å². The summed E-state index contributed by atoms with van der Waals surface area (Å²) in [5.74, 6) is -0.441. The van der Waals surface area contributed by atoms with Crippen molar-refractivity contribution >= 4 is 23.2 Å². The zero-order valence-corrected chi connectivity index (χ0v) is 11.7. The molecule has 0 aliphatic heterocycles. The second-order valence-electron chi connectivity index (χ2n) is 5.18. The van der Waals surface area contributed by atoms with E-state index in [0.29, 0.717) is 5.02 Å². The third-order valence-corrected chi connectivity index (χ3v) is 4.76. The average molecular weight is 292 g/mol. The number of benzene rings is 1. The van der Waals surface area contributed by atoms with Crippen LogP contribution in [0.15, 0.2) is 12.1 Å². The minimum Gasteiger partial charge on any atom is -0.316 e. The first-order chi connectivity index (χ1) is 8.49. The number of nitrogens with one attached hydrogen (secondary N) is 1. The lowest BCUT2D eigenvalue weighted by Crippen LogP contribution is -2.33. The summed E-state index contributed by atoms with van der Waals surface area (Å²) in [6.07, 6.45) is 4.00. The summed E-state index contributed by atoms with van der Waals surface area (Å²) in [5, 5.41) is 9.90. The fourth-order valence-electron chi connectivity index (χ4n) is 2.85. The second kappa shape index (κ2) is 5.33. The molecular weight excluding hydrogens is 276 g/mol. The van der Waals surface area contributed by atoms with Crippen LogP contribution in [0.5, 0.6) is 0 Å². The predicted molar refractivity (Wildman–Crippen MR) is 70.7 cm³/mol. The van der Waals surface area contributed by atoms with Gasteiger partial charge in [0.25, 0.3) is 0 Å². The summed E-state index contributed by atoms with van der Waals surface area (Å²) in [5.41, 5.74) is 2.28. The smallest absolute Gasteiger partial charge is 0.129 e. The van der Waals surface area contributed by atoms with Crippen LogP contribution in [0, 0.1) is 11.2 Å². The summed E-state index contributed by atoms with van der Waals surface area (Å²) in [4.78, 5) is 0. The van der Waals surface area contributed by atoms with Gasteiger partial charge in [-0.15, -0.1) is 0 Å². The van der Waals surface area contributed by atoms with Gasteiger partial charge in [-0.25, -0.2) is 4.39 Å². The van der Waals surface area contributed by atoms with E-state index in [0.717, 1.165) is 25.7 Å². The molecule has 1 aromatic rings. The molecule has 0 heterocycles. The molecule has 1 unspecified atom stereocenters. The zero-order valence-electron chi connectivity index (χ0n) is 10.1. The van der Waals surface area contributed by atoms with Crippen LogP contribution < -0.4 is 5.48 Å². The molecule has 1 aromatic carbocycles. The number of hydrogen-bond acceptors (Lipinski definition) is 2. The summed E-state index contributed by atoms with van der Waals surface area (Å²) in [6.45, 7) is 2.03. The van der Waals surface area contributed by atoms with Gasteiger partial charge >= 0.3 is 0 Å². The lowest BCUT2D eigenvalue weighted by molar-refractivity contribution is 0.0561. The van der Waals surface area contributed by atoms with Gasteiger partial charge in [0, 0.05) is 5.56 Å². The number of rotatable bonds is 3. The Morgan fingerprint density at radius 1 is 1.33 bits per heavy atom. The van der Waals surface area contributed by atoms with Crippen molar-refractivity contribution in [2.45, 2.75) is 38.6 Å². The normalized spacial score (nSPS) is 20.1. The molecule has 5 heteroatoms. The Labute approximate surface area is 116 Å². The lowest BCUT2D eigenvalue weighted by atomic mass is 9.77. The summed E-state index contributed by atoms with van der Waals surface area (Å²) >= 11 is 12.0. The first-order valence-electron chi connectivity index (χ1n) is 6.02. The van der Waals surface area contributed by atoms with E-state index in [9.17, 15) is 9.60 Å². The molecule has 100 valence electrons. The Hall–Kier alpha value is -0.350. The van der Waals surface area contributed by atoms with Crippen molar-refractivity contribution in [3.05, 3.63) is 33.6 Å². The highest BCUT2D eigenvalue weighted by molar-refractivity contribution is 6.42. The maximum absolute atomic E-state index is 14.0. The van der Waals surface area contributed by atoms with E-state index < -0.39 is 11.9 Å². The fraction of sp³-hybridized carbons (Fsp3) is 0.538. The highest BCUT2D eigenvalue weighted by Crippen LogP contribution is 2.49. The van der Waals surface area contributed by atoms with Gasteiger partial charge in [0.2, 0.25) is 0 Å². The molecule has 0 spiro atoms. The van der Waals surface area contributed by atoms with Gasteiger partial charge in [0.15, 0.2) is 0 Å². The molecule has 18 heavy (non-hydrogen) atoms. The van der Waals surface area contributed by atoms with Crippen LogP contribution in [0.3, 0.4) is 0 Å². The molecule has 1 atom stereocenters. The Bertz CT molecular complexity index is 447. The third kappa shape index (κ3) is 2.37. The van der Waals surface area contributed by atoms with Crippen LogP contribution >= 0.6 is 23.2 Å². The summed E-state index contributed by atoms with van der Waals surface area (Å²) in [7, 11) is 0. The minimum absolute atomic E-state index is 0.177. The largest absolute Gasteiger partial charge is 0.316 e. The molecule has 0 aromatic heterocycles. The second-order valence-corrected chi connectivity index (χ2v) is 5.97. The van der Waals surface area contributed by atoms with E-state index in [2.05, 4.69) is 5.48 Å². The van der Waals surface area contributed by atoms with Gasteiger partial charge in [0.1, 0.15) is 5.82 Å². The van der Waals surface area contributed by atoms with Gasteiger partial charge in [-0.2, -0.15) is 5.48 Å². The van der Waals surface area contributed by atoms with Crippen molar-refractivity contribution in [1.29, 1.82) is 0 Å². The van der Waals surface area contributed by atoms with E-state index >= 15 is 0 Å². The third-order valence-electron chi connectivity index (χ3n) is 3.94. The first-order valence-corrected chi connectivity index (χ1v) is 6.78. The molecule has 1 saturated carbocycles. The standard InChI is InChI=1S/C13H16Cl2FNO/c1-13(6-2-3-7-13)12(17-18)10-9(16)5-4-8(14)11(10)15/h4-5,12,17-18H,2-3,6-7H2,1H3. The van der Waals surface area contributed by atoms with Gasteiger partial charge in [-0.1, -0.05) is 43.0 Å². The quantitative estimate of drug-likeness (QED) is 0.623. The molecule has 2 N–H and O–H groups in total. The Balaban J connectivity index is 2.48. The Morgan fingerprint density at radius 3 is 2.50 bits per heavy atom. The highest BCUT2D eigenvalue weighted by atomic mass is 35.5. The first kappa shape index (κ1) is 14.1. The SMILES string of the molecule is CC1(C(NO)c2c(F)ccc(Cl)c2Cl)CCCC1. The van der Waals surface area contributed by atoms with Gasteiger partial charge < -0.3 is 5.21 Å². The molecule has 0 saturated heterocycles.